The molecule has 2 aliphatic rings. The summed E-state index contributed by atoms with van der Waals surface area (Å²) in [5.41, 5.74) is -0.211. The predicted molar refractivity (Wildman–Crippen MR) is 55.4 cm³/mol. The van der Waals surface area contributed by atoms with E-state index in [1.807, 2.05) is 20.8 Å². The number of ether oxygens (including phenoxy) is 1. The van der Waals surface area contributed by atoms with Crippen LogP contribution in [0.25, 0.3) is 0 Å². The molecule has 0 aromatic heterocycles. The van der Waals surface area contributed by atoms with Crippen molar-refractivity contribution in [3.63, 3.8) is 0 Å². The van der Waals surface area contributed by atoms with Gasteiger partial charge in [0.15, 0.2) is 0 Å². The van der Waals surface area contributed by atoms with Gasteiger partial charge in [-0.25, -0.2) is 4.79 Å². The zero-order valence-electron chi connectivity index (χ0n) is 9.54. The van der Waals surface area contributed by atoms with Crippen LogP contribution >= 0.6 is 0 Å². The molecule has 0 radical (unpaired) electrons. The van der Waals surface area contributed by atoms with E-state index in [0.29, 0.717) is 5.92 Å². The standard InChI is InChI=1S/C11H19NO3/c1-10(2,3)15-9(14)12-8-5-11(8)4-7(11)6-13/h7-8,13H,4-6H2,1-3H3,(H,12,14)/t7-,8+,11+/m0/s1. The van der Waals surface area contributed by atoms with Crippen LogP contribution in [0.3, 0.4) is 0 Å². The zero-order chi connectivity index (χ0) is 11.3. The van der Waals surface area contributed by atoms with E-state index in [1.54, 1.807) is 0 Å². The highest BCUT2D eigenvalue weighted by molar-refractivity contribution is 5.69. The molecule has 4 nitrogen and oxygen atoms in total. The van der Waals surface area contributed by atoms with Crippen molar-refractivity contribution in [2.45, 2.75) is 45.3 Å². The van der Waals surface area contributed by atoms with Gasteiger partial charge in [0.2, 0.25) is 0 Å². The van der Waals surface area contributed by atoms with Crippen molar-refractivity contribution in [1.29, 1.82) is 0 Å². The lowest BCUT2D eigenvalue weighted by atomic mass is 10.2. The van der Waals surface area contributed by atoms with Gasteiger partial charge in [-0.15, -0.1) is 0 Å². The van der Waals surface area contributed by atoms with Gasteiger partial charge in [-0.2, -0.15) is 0 Å². The summed E-state index contributed by atoms with van der Waals surface area (Å²) in [5.74, 6) is 0.400. The van der Waals surface area contributed by atoms with Crippen molar-refractivity contribution < 1.29 is 14.6 Å². The fourth-order valence-electron chi connectivity index (χ4n) is 2.29. The van der Waals surface area contributed by atoms with Gasteiger partial charge in [-0.1, -0.05) is 0 Å². The van der Waals surface area contributed by atoms with E-state index >= 15 is 0 Å². The lowest BCUT2D eigenvalue weighted by Crippen LogP contribution is -2.34. The number of hydrogen-bond acceptors (Lipinski definition) is 3. The molecule has 2 N–H and O–H groups in total. The van der Waals surface area contributed by atoms with Gasteiger partial charge in [0.25, 0.3) is 0 Å². The molecule has 2 aliphatic carbocycles. The van der Waals surface area contributed by atoms with Crippen LogP contribution in [0.15, 0.2) is 0 Å². The molecule has 0 heterocycles. The molecular weight excluding hydrogens is 194 g/mol. The number of nitrogens with one attached hydrogen (secondary N) is 1. The number of aliphatic hydroxyl groups is 1. The Balaban J connectivity index is 1.74. The second-order valence-electron chi connectivity index (χ2n) is 5.72. The summed E-state index contributed by atoms with van der Waals surface area (Å²) in [6, 6.07) is 0.226. The molecule has 0 saturated heterocycles. The highest BCUT2D eigenvalue weighted by Crippen LogP contribution is 2.70. The van der Waals surface area contributed by atoms with E-state index in [0.717, 1.165) is 12.8 Å². The first kappa shape index (κ1) is 10.7. The number of carbonyl (C=O) groups is 1. The van der Waals surface area contributed by atoms with Crippen molar-refractivity contribution in [3.05, 3.63) is 0 Å². The van der Waals surface area contributed by atoms with Gasteiger partial charge in [0.1, 0.15) is 5.60 Å². The van der Waals surface area contributed by atoms with Crippen LogP contribution < -0.4 is 5.32 Å². The van der Waals surface area contributed by atoms with Crippen LogP contribution in [0.4, 0.5) is 4.79 Å². The Hall–Kier alpha value is -0.770. The maximum absolute atomic E-state index is 11.4. The van der Waals surface area contributed by atoms with E-state index in [1.165, 1.54) is 0 Å². The Labute approximate surface area is 90.0 Å². The largest absolute Gasteiger partial charge is 0.444 e. The average Bonchev–Trinajstić information content (AvgIpc) is 2.90. The molecular formula is C11H19NO3. The summed E-state index contributed by atoms with van der Waals surface area (Å²) in [6.45, 7) is 5.79. The third-order valence-corrected chi connectivity index (χ3v) is 3.31. The molecule has 4 heteroatoms. The summed E-state index contributed by atoms with van der Waals surface area (Å²) in [7, 11) is 0. The summed E-state index contributed by atoms with van der Waals surface area (Å²) in [4.78, 5) is 11.4. The van der Waals surface area contributed by atoms with E-state index in [9.17, 15) is 4.79 Å². The molecule has 0 bridgehead atoms. The fraction of sp³-hybridized carbons (Fsp3) is 0.909. The molecule has 2 rings (SSSR count). The average molecular weight is 213 g/mol. The van der Waals surface area contributed by atoms with Crippen molar-refractivity contribution in [2.75, 3.05) is 6.61 Å². The highest BCUT2D eigenvalue weighted by atomic mass is 16.6. The fourth-order valence-corrected chi connectivity index (χ4v) is 2.29. The first-order chi connectivity index (χ1) is 6.87. The molecule has 0 unspecified atom stereocenters. The topological polar surface area (TPSA) is 58.6 Å². The predicted octanol–water partition coefficient (Wildman–Crippen LogP) is 1.28. The Morgan fingerprint density at radius 2 is 2.20 bits per heavy atom. The molecule has 15 heavy (non-hydrogen) atoms. The van der Waals surface area contributed by atoms with Gasteiger partial charge in [0, 0.05) is 12.6 Å². The van der Waals surface area contributed by atoms with E-state index < -0.39 is 5.60 Å². The van der Waals surface area contributed by atoms with Crippen LogP contribution in [-0.4, -0.2) is 29.4 Å². The van der Waals surface area contributed by atoms with Crippen LogP contribution in [0.2, 0.25) is 0 Å². The molecule has 0 aromatic rings. The molecule has 1 amide bonds. The maximum Gasteiger partial charge on any atom is 0.407 e. The number of amides is 1. The van der Waals surface area contributed by atoms with Gasteiger partial charge >= 0.3 is 6.09 Å². The SMILES string of the molecule is CC(C)(C)OC(=O)N[C@@H]1C[C@@]12C[C@H]2CO. The number of carbonyl (C=O) groups excluding carboxylic acids is 1. The van der Waals surface area contributed by atoms with Crippen molar-refractivity contribution in [1.82, 2.24) is 5.32 Å². The molecule has 1 spiro atoms. The maximum atomic E-state index is 11.4. The van der Waals surface area contributed by atoms with Gasteiger partial charge in [-0.3, -0.25) is 0 Å². The van der Waals surface area contributed by atoms with Crippen LogP contribution in [-0.2, 0) is 4.74 Å². The number of hydrogen-bond donors (Lipinski definition) is 2. The summed E-state index contributed by atoms with van der Waals surface area (Å²) >= 11 is 0. The number of rotatable bonds is 2. The van der Waals surface area contributed by atoms with Crippen LogP contribution in [0.5, 0.6) is 0 Å². The van der Waals surface area contributed by atoms with Crippen molar-refractivity contribution in [2.24, 2.45) is 11.3 Å². The minimum absolute atomic E-state index is 0.226. The van der Waals surface area contributed by atoms with Gasteiger partial charge in [0.05, 0.1) is 0 Å². The summed E-state index contributed by atoms with van der Waals surface area (Å²) in [5, 5.41) is 11.8. The molecule has 86 valence electrons. The summed E-state index contributed by atoms with van der Waals surface area (Å²) < 4.78 is 5.17. The zero-order valence-corrected chi connectivity index (χ0v) is 9.54. The highest BCUT2D eigenvalue weighted by Gasteiger charge is 2.70. The Morgan fingerprint density at radius 1 is 1.53 bits per heavy atom. The lowest BCUT2D eigenvalue weighted by Gasteiger charge is -2.19. The third kappa shape index (κ3) is 2.09. The first-order valence-electron chi connectivity index (χ1n) is 5.48. The van der Waals surface area contributed by atoms with Crippen molar-refractivity contribution in [3.8, 4) is 0 Å². The second-order valence-corrected chi connectivity index (χ2v) is 5.72. The lowest BCUT2D eigenvalue weighted by molar-refractivity contribution is 0.0519. The molecule has 0 aliphatic heterocycles. The molecule has 3 atom stereocenters. The molecule has 0 aromatic carbocycles. The first-order valence-corrected chi connectivity index (χ1v) is 5.48. The molecule has 2 saturated carbocycles. The Morgan fingerprint density at radius 3 is 2.67 bits per heavy atom. The van der Waals surface area contributed by atoms with E-state index in [-0.39, 0.29) is 24.2 Å². The van der Waals surface area contributed by atoms with Crippen LogP contribution in [0, 0.1) is 11.3 Å². The Kier molecular flexibility index (Phi) is 2.23. The quantitative estimate of drug-likeness (QED) is 0.726. The van der Waals surface area contributed by atoms with E-state index in [2.05, 4.69) is 5.32 Å². The third-order valence-electron chi connectivity index (χ3n) is 3.31. The summed E-state index contributed by atoms with van der Waals surface area (Å²) in [6.07, 6.45) is 1.70. The van der Waals surface area contributed by atoms with Gasteiger partial charge < -0.3 is 15.2 Å². The number of aliphatic hydroxyl groups excluding tert-OH is 1. The minimum Gasteiger partial charge on any atom is -0.444 e. The monoisotopic (exact) mass is 213 g/mol. The van der Waals surface area contributed by atoms with E-state index in [4.69, 9.17) is 9.84 Å². The normalized spacial score (nSPS) is 37.6. The van der Waals surface area contributed by atoms with Crippen molar-refractivity contribution >= 4 is 6.09 Å². The number of alkyl carbamates (subject to hydrolysis) is 1. The van der Waals surface area contributed by atoms with Crippen LogP contribution in [0.1, 0.15) is 33.6 Å². The molecule has 2 fully saturated rings. The Bertz CT molecular complexity index is 284. The smallest absolute Gasteiger partial charge is 0.407 e. The minimum atomic E-state index is -0.438. The van der Waals surface area contributed by atoms with Gasteiger partial charge in [-0.05, 0) is 44.9 Å². The second kappa shape index (κ2) is 3.11.